The highest BCUT2D eigenvalue weighted by molar-refractivity contribution is 6.01. The van der Waals surface area contributed by atoms with Gasteiger partial charge in [-0.15, -0.1) is 0 Å². The maximum atomic E-state index is 16.7. The molecule has 2 N–H and O–H groups in total. The highest BCUT2D eigenvalue weighted by atomic mass is 19.1. The Morgan fingerprint density at radius 2 is 2.02 bits per heavy atom. The second kappa shape index (κ2) is 11.4. The summed E-state index contributed by atoms with van der Waals surface area (Å²) in [5, 5.41) is 15.2. The molecule has 4 aromatic heterocycles. The maximum Gasteiger partial charge on any atom is 0.319 e. The van der Waals surface area contributed by atoms with E-state index in [0.29, 0.717) is 53.5 Å². The first kappa shape index (κ1) is 29.4. The highest BCUT2D eigenvalue weighted by Crippen LogP contribution is 2.41. The van der Waals surface area contributed by atoms with E-state index in [2.05, 4.69) is 30.2 Å². The number of hydrogen-bond donors (Lipinski definition) is 2. The summed E-state index contributed by atoms with van der Waals surface area (Å²) in [4.78, 5) is 20.0. The second-order valence-electron chi connectivity index (χ2n) is 12.5. The van der Waals surface area contributed by atoms with Crippen LogP contribution in [-0.4, -0.2) is 65.8 Å². The minimum Gasteiger partial charge on any atom is -0.508 e. The topological polar surface area (TPSA) is 101 Å². The summed E-state index contributed by atoms with van der Waals surface area (Å²) in [6.45, 7) is 3.51. The van der Waals surface area contributed by atoms with E-state index in [9.17, 15) is 13.9 Å². The summed E-state index contributed by atoms with van der Waals surface area (Å²) in [7, 11) is 0. The van der Waals surface area contributed by atoms with Gasteiger partial charge >= 0.3 is 6.01 Å². The third-order valence-electron chi connectivity index (χ3n) is 9.57. The fraction of sp³-hybridized carbons (Fsp3) is 0.314. The standard InChI is InChI=1S/C35H32F3N7O2/c1-2-24-27(37)6-5-21-12-23(46)13-25(29(21)24)31-30(38)32-26(16-40-31)33(41-15-20-4-7-28-39-9-11-44(28)17-20)43-34(42-32)47-19-35-8-3-10-45(35)18-22(36)14-35/h4-7,9,11-13,16-17,22,46H,2-3,8,10,14-15,18-19H2,1H3,(H,41,42,43)/t22-,35?/m1/s1. The molecule has 6 aromatic rings. The molecular weight excluding hydrogens is 607 g/mol. The number of aromatic hydroxyl groups is 1. The summed E-state index contributed by atoms with van der Waals surface area (Å²) in [6, 6.07) is 9.59. The molecule has 1 unspecified atom stereocenters. The van der Waals surface area contributed by atoms with Gasteiger partial charge < -0.3 is 19.6 Å². The molecule has 0 spiro atoms. The van der Waals surface area contributed by atoms with Crippen molar-refractivity contribution in [3.05, 3.63) is 83.9 Å². The fourth-order valence-corrected chi connectivity index (χ4v) is 7.36. The van der Waals surface area contributed by atoms with Gasteiger partial charge in [-0.1, -0.05) is 19.1 Å². The Labute approximate surface area is 268 Å². The maximum absolute atomic E-state index is 16.7. The number of halogens is 3. The number of aryl methyl sites for hydroxylation is 1. The monoisotopic (exact) mass is 639 g/mol. The number of benzene rings is 2. The summed E-state index contributed by atoms with van der Waals surface area (Å²) < 4.78 is 54.2. The molecule has 8 rings (SSSR count). The number of phenolic OH excluding ortho intramolecular Hbond substituents is 1. The summed E-state index contributed by atoms with van der Waals surface area (Å²) >= 11 is 0. The van der Waals surface area contributed by atoms with E-state index in [0.717, 1.165) is 30.6 Å². The summed E-state index contributed by atoms with van der Waals surface area (Å²) in [6.07, 6.45) is 8.52. The number of anilines is 1. The van der Waals surface area contributed by atoms with Crippen LogP contribution in [0.5, 0.6) is 11.8 Å². The Hall–Kier alpha value is -4.97. The van der Waals surface area contributed by atoms with Crippen LogP contribution in [0, 0.1) is 11.6 Å². The van der Waals surface area contributed by atoms with Crippen molar-refractivity contribution in [2.24, 2.45) is 0 Å². The van der Waals surface area contributed by atoms with Crippen molar-refractivity contribution >= 4 is 33.1 Å². The first-order valence-electron chi connectivity index (χ1n) is 15.8. The molecule has 0 radical (unpaired) electrons. The average molecular weight is 640 g/mol. The minimum absolute atomic E-state index is 0.0472. The van der Waals surface area contributed by atoms with E-state index < -0.39 is 23.3 Å². The van der Waals surface area contributed by atoms with E-state index in [1.165, 1.54) is 24.4 Å². The van der Waals surface area contributed by atoms with Crippen molar-refractivity contribution in [3.63, 3.8) is 0 Å². The van der Waals surface area contributed by atoms with Crippen molar-refractivity contribution in [2.75, 3.05) is 25.0 Å². The highest BCUT2D eigenvalue weighted by Gasteiger charge is 2.49. The summed E-state index contributed by atoms with van der Waals surface area (Å²) in [5.74, 6) is -0.977. The van der Waals surface area contributed by atoms with Crippen molar-refractivity contribution in [3.8, 4) is 23.0 Å². The van der Waals surface area contributed by atoms with E-state index >= 15 is 4.39 Å². The first-order chi connectivity index (χ1) is 22.8. The quantitative estimate of drug-likeness (QED) is 0.192. The van der Waals surface area contributed by atoms with Crippen molar-refractivity contribution in [1.82, 2.24) is 29.2 Å². The lowest BCUT2D eigenvalue weighted by Crippen LogP contribution is -2.43. The third kappa shape index (κ3) is 5.07. The van der Waals surface area contributed by atoms with Crippen LogP contribution in [0.1, 0.15) is 37.3 Å². The molecule has 0 aliphatic carbocycles. The number of ether oxygens (including phenoxy) is 1. The molecule has 2 aliphatic rings. The van der Waals surface area contributed by atoms with Crippen molar-refractivity contribution in [1.29, 1.82) is 0 Å². The van der Waals surface area contributed by atoms with Crippen LogP contribution in [0.4, 0.5) is 19.0 Å². The molecule has 2 atom stereocenters. The predicted octanol–water partition coefficient (Wildman–Crippen LogP) is 6.61. The van der Waals surface area contributed by atoms with Gasteiger partial charge in [0.2, 0.25) is 0 Å². The van der Waals surface area contributed by atoms with E-state index in [1.54, 1.807) is 12.3 Å². The van der Waals surface area contributed by atoms with Gasteiger partial charge in [0, 0.05) is 49.9 Å². The number of fused-ring (bicyclic) bond motifs is 4. The van der Waals surface area contributed by atoms with Gasteiger partial charge in [-0.25, -0.2) is 18.2 Å². The molecule has 0 bridgehead atoms. The zero-order chi connectivity index (χ0) is 32.3. The van der Waals surface area contributed by atoms with Gasteiger partial charge in [0.15, 0.2) is 5.82 Å². The van der Waals surface area contributed by atoms with Gasteiger partial charge in [-0.05, 0) is 72.0 Å². The van der Waals surface area contributed by atoms with E-state index in [4.69, 9.17) is 4.74 Å². The van der Waals surface area contributed by atoms with Crippen LogP contribution in [0.15, 0.2) is 61.2 Å². The number of rotatable bonds is 8. The number of nitrogens with one attached hydrogen (secondary N) is 1. The molecule has 2 saturated heterocycles. The van der Waals surface area contributed by atoms with Gasteiger partial charge in [0.05, 0.1) is 10.9 Å². The molecular formula is C35H32F3N7O2. The number of pyridine rings is 2. The Bertz CT molecular complexity index is 2170. The van der Waals surface area contributed by atoms with E-state index in [-0.39, 0.29) is 35.1 Å². The Kier molecular flexibility index (Phi) is 7.12. The largest absolute Gasteiger partial charge is 0.508 e. The number of nitrogens with zero attached hydrogens (tertiary/aromatic N) is 6. The Balaban J connectivity index is 1.23. The number of hydrogen-bond acceptors (Lipinski definition) is 8. The molecule has 2 aliphatic heterocycles. The van der Waals surface area contributed by atoms with Gasteiger partial charge in [0.25, 0.3) is 0 Å². The smallest absolute Gasteiger partial charge is 0.319 e. The first-order valence-corrected chi connectivity index (χ1v) is 15.8. The van der Waals surface area contributed by atoms with Crippen LogP contribution in [0.25, 0.3) is 38.6 Å². The average Bonchev–Trinajstić information content (AvgIpc) is 3.77. The SMILES string of the molecule is CCc1c(F)ccc2cc(O)cc(-c3ncc4c(NCc5ccc6nccn6c5)nc(OCC56CCCN5C[C@H](F)C6)nc4c3F)c12. The molecule has 2 aromatic carbocycles. The molecule has 6 heterocycles. The van der Waals surface area contributed by atoms with Crippen LogP contribution in [0.2, 0.25) is 0 Å². The van der Waals surface area contributed by atoms with Crippen LogP contribution in [0.3, 0.4) is 0 Å². The summed E-state index contributed by atoms with van der Waals surface area (Å²) in [5.41, 5.74) is 1.80. The molecule has 12 heteroatoms. The lowest BCUT2D eigenvalue weighted by atomic mass is 9.94. The number of phenols is 1. The van der Waals surface area contributed by atoms with Crippen LogP contribution >= 0.6 is 0 Å². The Morgan fingerprint density at radius 3 is 2.89 bits per heavy atom. The van der Waals surface area contributed by atoms with E-state index in [1.807, 2.05) is 35.9 Å². The predicted molar refractivity (Wildman–Crippen MR) is 172 cm³/mol. The molecule has 0 saturated carbocycles. The third-order valence-corrected chi connectivity index (χ3v) is 9.57. The zero-order valence-corrected chi connectivity index (χ0v) is 25.7. The normalized spacial score (nSPS) is 19.6. The number of alkyl halides is 1. The lowest BCUT2D eigenvalue weighted by molar-refractivity contribution is 0.107. The van der Waals surface area contributed by atoms with Gasteiger partial charge in [-0.2, -0.15) is 9.97 Å². The van der Waals surface area contributed by atoms with Crippen molar-refractivity contribution in [2.45, 2.75) is 50.9 Å². The zero-order valence-electron chi connectivity index (χ0n) is 25.7. The van der Waals surface area contributed by atoms with Gasteiger partial charge in [0.1, 0.15) is 47.0 Å². The van der Waals surface area contributed by atoms with Crippen LogP contribution < -0.4 is 10.1 Å². The number of aromatic nitrogens is 5. The second-order valence-corrected chi connectivity index (χ2v) is 12.5. The molecule has 0 amide bonds. The minimum atomic E-state index is -0.928. The van der Waals surface area contributed by atoms with Crippen LogP contribution in [-0.2, 0) is 13.0 Å². The van der Waals surface area contributed by atoms with Gasteiger partial charge in [-0.3, -0.25) is 9.88 Å². The Morgan fingerprint density at radius 1 is 1.13 bits per heavy atom. The molecule has 2 fully saturated rings. The molecule has 9 nitrogen and oxygen atoms in total. The molecule has 47 heavy (non-hydrogen) atoms. The van der Waals surface area contributed by atoms with Crippen molar-refractivity contribution < 1.29 is 23.0 Å². The molecule has 240 valence electrons. The number of imidazole rings is 1. The lowest BCUT2D eigenvalue weighted by Gasteiger charge is -2.30. The fourth-order valence-electron chi connectivity index (χ4n) is 7.36.